The second kappa shape index (κ2) is 13.1. The Labute approximate surface area is 205 Å². The maximum absolute atomic E-state index is 12.3. The van der Waals surface area contributed by atoms with Gasteiger partial charge in [0.25, 0.3) is 11.8 Å². The first-order valence-corrected chi connectivity index (χ1v) is 12.2. The summed E-state index contributed by atoms with van der Waals surface area (Å²) in [4.78, 5) is 51.9. The molecule has 0 aromatic heterocycles. The Morgan fingerprint density at radius 3 is 2.43 bits per heavy atom. The maximum atomic E-state index is 12.3. The van der Waals surface area contributed by atoms with Crippen molar-refractivity contribution in [3.05, 3.63) is 60.2 Å². The van der Waals surface area contributed by atoms with Crippen molar-refractivity contribution < 1.29 is 34.2 Å². The fraction of sp³-hybridized carbons (Fsp3) is 0.481. The molecular weight excluding hydrogens is 450 g/mol. The third-order valence-corrected chi connectivity index (χ3v) is 6.45. The number of nitrogens with zero attached hydrogens (tertiary/aromatic N) is 1. The number of carbonyl (C=O) groups excluding carboxylic acids is 4. The summed E-state index contributed by atoms with van der Waals surface area (Å²) in [7, 11) is 0. The van der Waals surface area contributed by atoms with Gasteiger partial charge in [0.15, 0.2) is 5.78 Å². The summed E-state index contributed by atoms with van der Waals surface area (Å²) in [6, 6.07) is 9.77. The Kier molecular flexibility index (Phi) is 9.93. The highest BCUT2D eigenvalue weighted by Crippen LogP contribution is 2.36. The number of hydrogen-bond donors (Lipinski definition) is 2. The van der Waals surface area contributed by atoms with Gasteiger partial charge in [-0.1, -0.05) is 48.6 Å². The van der Waals surface area contributed by atoms with E-state index in [0.717, 1.165) is 5.56 Å². The van der Waals surface area contributed by atoms with Crippen molar-refractivity contribution in [2.75, 3.05) is 0 Å². The van der Waals surface area contributed by atoms with Gasteiger partial charge in [0.1, 0.15) is 0 Å². The Bertz CT molecular complexity index is 940. The first-order chi connectivity index (χ1) is 16.8. The zero-order valence-corrected chi connectivity index (χ0v) is 19.8. The normalized spacial score (nSPS) is 24.7. The van der Waals surface area contributed by atoms with Crippen LogP contribution in [0.3, 0.4) is 0 Å². The highest BCUT2D eigenvalue weighted by atomic mass is 16.7. The number of carbonyl (C=O) groups is 4. The number of imide groups is 1. The van der Waals surface area contributed by atoms with Gasteiger partial charge in [-0.2, -0.15) is 0 Å². The molecule has 0 bridgehead atoms. The predicted molar refractivity (Wildman–Crippen MR) is 127 cm³/mol. The molecule has 35 heavy (non-hydrogen) atoms. The van der Waals surface area contributed by atoms with E-state index in [-0.39, 0.29) is 43.3 Å². The van der Waals surface area contributed by atoms with E-state index in [9.17, 15) is 29.4 Å². The molecule has 2 amide bonds. The monoisotopic (exact) mass is 483 g/mol. The highest BCUT2D eigenvalue weighted by Gasteiger charge is 2.39. The summed E-state index contributed by atoms with van der Waals surface area (Å²) >= 11 is 0. The molecule has 0 unspecified atom stereocenters. The van der Waals surface area contributed by atoms with E-state index in [2.05, 4.69) is 0 Å². The molecule has 8 heteroatoms. The van der Waals surface area contributed by atoms with Crippen LogP contribution < -0.4 is 0 Å². The van der Waals surface area contributed by atoms with Gasteiger partial charge in [-0.3, -0.25) is 14.4 Å². The Morgan fingerprint density at radius 1 is 1.00 bits per heavy atom. The average molecular weight is 484 g/mol. The van der Waals surface area contributed by atoms with Crippen LogP contribution >= 0.6 is 0 Å². The van der Waals surface area contributed by atoms with E-state index in [1.807, 2.05) is 42.5 Å². The van der Waals surface area contributed by atoms with E-state index >= 15 is 0 Å². The second-order valence-corrected chi connectivity index (χ2v) is 9.07. The fourth-order valence-corrected chi connectivity index (χ4v) is 4.46. The summed E-state index contributed by atoms with van der Waals surface area (Å²) in [5, 5.41) is 21.3. The minimum Gasteiger partial charge on any atom is -0.393 e. The van der Waals surface area contributed by atoms with Crippen LogP contribution in [0.5, 0.6) is 0 Å². The molecule has 1 aliphatic carbocycles. The van der Waals surface area contributed by atoms with Gasteiger partial charge in [0.2, 0.25) is 0 Å². The quantitative estimate of drug-likeness (QED) is 0.203. The summed E-state index contributed by atoms with van der Waals surface area (Å²) in [6.45, 7) is 0. The molecule has 1 aliphatic heterocycles. The van der Waals surface area contributed by atoms with Gasteiger partial charge < -0.3 is 15.1 Å². The van der Waals surface area contributed by atoms with Crippen LogP contribution in [0, 0.1) is 11.8 Å². The molecule has 2 aliphatic rings. The van der Waals surface area contributed by atoms with Crippen LogP contribution in [0.4, 0.5) is 0 Å². The van der Waals surface area contributed by atoms with Gasteiger partial charge in [0.05, 0.1) is 12.2 Å². The van der Waals surface area contributed by atoms with Gasteiger partial charge in [-0.15, -0.1) is 5.06 Å². The lowest BCUT2D eigenvalue weighted by Crippen LogP contribution is -2.31. The van der Waals surface area contributed by atoms with Crippen molar-refractivity contribution in [3.63, 3.8) is 0 Å². The Morgan fingerprint density at radius 2 is 1.71 bits per heavy atom. The molecule has 188 valence electrons. The summed E-state index contributed by atoms with van der Waals surface area (Å²) in [6.07, 6.45) is 8.80. The van der Waals surface area contributed by atoms with Crippen LogP contribution in [0.2, 0.25) is 0 Å². The molecule has 0 radical (unpaired) electrons. The number of amides is 2. The van der Waals surface area contributed by atoms with Crippen LogP contribution in [-0.4, -0.2) is 51.1 Å². The van der Waals surface area contributed by atoms with E-state index in [4.69, 9.17) is 4.84 Å². The third kappa shape index (κ3) is 7.97. The minimum atomic E-state index is -0.702. The number of unbranched alkanes of at least 4 members (excludes halogenated alkanes) is 1. The van der Waals surface area contributed by atoms with E-state index in [1.54, 1.807) is 6.08 Å². The SMILES string of the molecule is O=C(/C=C/[C@@H]1[C@@H](C/C=C\CCCC(=O)ON2C(=O)CCC2=O)[C@@H](O)C[C@H]1O)CCc1ccccc1. The van der Waals surface area contributed by atoms with Crippen molar-refractivity contribution >= 4 is 23.6 Å². The maximum Gasteiger partial charge on any atom is 0.333 e. The number of aliphatic hydroxyl groups is 2. The van der Waals surface area contributed by atoms with Gasteiger partial charge >= 0.3 is 5.97 Å². The van der Waals surface area contributed by atoms with Crippen molar-refractivity contribution in [1.82, 2.24) is 5.06 Å². The smallest absolute Gasteiger partial charge is 0.333 e. The fourth-order valence-electron chi connectivity index (χ4n) is 4.46. The van der Waals surface area contributed by atoms with Gasteiger partial charge in [-0.25, -0.2) is 4.79 Å². The highest BCUT2D eigenvalue weighted by molar-refractivity contribution is 6.01. The summed E-state index contributed by atoms with van der Waals surface area (Å²) in [5.41, 5.74) is 1.10. The van der Waals surface area contributed by atoms with Crippen LogP contribution in [0.25, 0.3) is 0 Å². The number of rotatable bonds is 12. The van der Waals surface area contributed by atoms with Crippen LogP contribution in [-0.2, 0) is 30.4 Å². The Hall–Kier alpha value is -3.10. The lowest BCUT2D eigenvalue weighted by atomic mass is 9.89. The molecule has 1 aromatic carbocycles. The lowest BCUT2D eigenvalue weighted by molar-refractivity contribution is -0.197. The molecule has 4 atom stereocenters. The Balaban J connectivity index is 1.39. The largest absolute Gasteiger partial charge is 0.393 e. The van der Waals surface area contributed by atoms with Crippen molar-refractivity contribution in [1.29, 1.82) is 0 Å². The first-order valence-electron chi connectivity index (χ1n) is 12.2. The van der Waals surface area contributed by atoms with Crippen molar-refractivity contribution in [2.45, 2.75) is 70.0 Å². The van der Waals surface area contributed by atoms with Crippen LogP contribution in [0.15, 0.2) is 54.6 Å². The predicted octanol–water partition coefficient (Wildman–Crippen LogP) is 2.83. The topological polar surface area (TPSA) is 121 Å². The number of hydroxylamine groups is 2. The molecule has 1 heterocycles. The second-order valence-electron chi connectivity index (χ2n) is 9.07. The standard InChI is InChI=1S/C27H33NO7/c29-20(13-12-19-8-4-3-5-9-19)14-15-22-21(23(30)18-24(22)31)10-6-1-2-7-11-27(34)35-28-25(32)16-17-26(28)33/h1,3-6,8-9,14-15,21-24,30-31H,2,7,10-13,16-18H2/b6-1-,15-14+/t21-,22-,23+,24-/m1/s1. The minimum absolute atomic E-state index is 0.0130. The van der Waals surface area contributed by atoms with Gasteiger partial charge in [-0.05, 0) is 43.2 Å². The molecule has 8 nitrogen and oxygen atoms in total. The molecule has 1 saturated carbocycles. The summed E-state index contributed by atoms with van der Waals surface area (Å²) < 4.78 is 0. The number of benzene rings is 1. The van der Waals surface area contributed by atoms with E-state index in [0.29, 0.717) is 37.2 Å². The van der Waals surface area contributed by atoms with Gasteiger partial charge in [0, 0.05) is 38.0 Å². The number of allylic oxidation sites excluding steroid dienone is 3. The van der Waals surface area contributed by atoms with Crippen LogP contribution in [0.1, 0.15) is 56.9 Å². The third-order valence-electron chi connectivity index (χ3n) is 6.45. The summed E-state index contributed by atoms with van der Waals surface area (Å²) in [5.74, 6) is -2.14. The van der Waals surface area contributed by atoms with E-state index < -0.39 is 30.0 Å². The van der Waals surface area contributed by atoms with Crippen molar-refractivity contribution in [2.24, 2.45) is 11.8 Å². The molecule has 1 saturated heterocycles. The zero-order chi connectivity index (χ0) is 25.2. The zero-order valence-electron chi connectivity index (χ0n) is 19.8. The first kappa shape index (κ1) is 26.5. The molecular formula is C27H33NO7. The molecule has 1 aromatic rings. The van der Waals surface area contributed by atoms with E-state index in [1.165, 1.54) is 6.08 Å². The van der Waals surface area contributed by atoms with Crippen molar-refractivity contribution in [3.8, 4) is 0 Å². The molecule has 2 fully saturated rings. The molecule has 3 rings (SSSR count). The number of aryl methyl sites for hydroxylation is 1. The lowest BCUT2D eigenvalue weighted by Gasteiger charge is -2.19. The molecule has 2 N–H and O–H groups in total. The number of hydrogen-bond acceptors (Lipinski definition) is 7. The molecule has 0 spiro atoms. The number of ketones is 1. The average Bonchev–Trinajstić information content (AvgIpc) is 3.30. The number of aliphatic hydroxyl groups excluding tert-OH is 2.